The average Bonchev–Trinajstić information content (AvgIpc) is 3.62. The predicted octanol–water partition coefficient (Wildman–Crippen LogP) is 5.26. The monoisotopic (exact) mass is 493 g/mol. The van der Waals surface area contributed by atoms with Gasteiger partial charge in [0.15, 0.2) is 0 Å². The molecule has 3 heterocycles. The van der Waals surface area contributed by atoms with Gasteiger partial charge in [0.2, 0.25) is 5.91 Å². The molecule has 5 rings (SSSR count). The summed E-state index contributed by atoms with van der Waals surface area (Å²) in [6, 6.07) is 10.1. The van der Waals surface area contributed by atoms with E-state index in [1.807, 2.05) is 29.0 Å². The minimum atomic E-state index is -0.127. The van der Waals surface area contributed by atoms with Gasteiger partial charge in [0.25, 0.3) is 5.91 Å². The van der Waals surface area contributed by atoms with Gasteiger partial charge in [-0.05, 0) is 43.0 Å². The highest BCUT2D eigenvalue weighted by Gasteiger charge is 2.33. The second-order valence-corrected chi connectivity index (χ2v) is 10.5. The molecule has 34 heavy (non-hydrogen) atoms. The number of nitrogens with zero attached hydrogens (tertiary/aromatic N) is 2. The van der Waals surface area contributed by atoms with Crippen molar-refractivity contribution in [2.75, 3.05) is 0 Å². The smallest absolute Gasteiger partial charge is 0.266 e. The fraction of sp³-hybridized carbons (Fsp3) is 0.346. The minimum absolute atomic E-state index is 0.0334. The van der Waals surface area contributed by atoms with E-state index in [-0.39, 0.29) is 24.4 Å². The van der Waals surface area contributed by atoms with Crippen LogP contribution in [0.1, 0.15) is 49.5 Å². The van der Waals surface area contributed by atoms with Crippen LogP contribution in [0.3, 0.4) is 0 Å². The lowest BCUT2D eigenvalue weighted by atomic mass is 10.1. The first-order valence-corrected chi connectivity index (χ1v) is 12.9. The highest BCUT2D eigenvalue weighted by molar-refractivity contribution is 8.26. The van der Waals surface area contributed by atoms with Crippen molar-refractivity contribution in [3.05, 3.63) is 64.6 Å². The Labute approximate surface area is 208 Å². The molecule has 1 aliphatic heterocycles. The van der Waals surface area contributed by atoms with Crippen LogP contribution < -0.4 is 5.32 Å². The van der Waals surface area contributed by atoms with Gasteiger partial charge in [0, 0.05) is 23.2 Å². The Kier molecular flexibility index (Phi) is 6.61. The normalized spacial score (nSPS) is 18.0. The van der Waals surface area contributed by atoms with Crippen LogP contribution in [0.5, 0.6) is 0 Å². The van der Waals surface area contributed by atoms with Crippen molar-refractivity contribution >= 4 is 57.1 Å². The van der Waals surface area contributed by atoms with Gasteiger partial charge in [0.1, 0.15) is 16.6 Å². The Hall–Kier alpha value is -2.84. The molecule has 6 nitrogen and oxygen atoms in total. The number of benzene rings is 1. The fourth-order valence-corrected chi connectivity index (χ4v) is 6.07. The molecule has 8 heteroatoms. The molecule has 2 aromatic heterocycles. The van der Waals surface area contributed by atoms with Crippen molar-refractivity contribution in [2.24, 2.45) is 0 Å². The molecule has 0 unspecified atom stereocenters. The van der Waals surface area contributed by atoms with Gasteiger partial charge in [0.05, 0.1) is 23.2 Å². The molecule has 0 radical (unpaired) electrons. The van der Waals surface area contributed by atoms with Crippen molar-refractivity contribution in [1.82, 2.24) is 14.8 Å². The van der Waals surface area contributed by atoms with Crippen LogP contribution in [0.4, 0.5) is 0 Å². The van der Waals surface area contributed by atoms with Crippen LogP contribution >= 0.6 is 24.0 Å². The van der Waals surface area contributed by atoms with Gasteiger partial charge in [-0.25, -0.2) is 0 Å². The number of para-hydroxylation sites is 1. The largest absolute Gasteiger partial charge is 0.467 e. The third kappa shape index (κ3) is 4.57. The van der Waals surface area contributed by atoms with E-state index in [2.05, 4.69) is 24.4 Å². The summed E-state index contributed by atoms with van der Waals surface area (Å²) in [6.45, 7) is 2.69. The van der Waals surface area contributed by atoms with Gasteiger partial charge < -0.3 is 14.3 Å². The second-order valence-electron chi connectivity index (χ2n) is 8.78. The number of fused-ring (bicyclic) bond motifs is 1. The van der Waals surface area contributed by atoms with Crippen molar-refractivity contribution in [1.29, 1.82) is 0 Å². The number of hydrogen-bond acceptors (Lipinski definition) is 5. The highest BCUT2D eigenvalue weighted by atomic mass is 32.2. The number of hydrogen-bond donors (Lipinski definition) is 1. The Morgan fingerprint density at radius 3 is 2.82 bits per heavy atom. The van der Waals surface area contributed by atoms with E-state index in [1.54, 1.807) is 17.2 Å². The molecule has 2 fully saturated rings. The van der Waals surface area contributed by atoms with Crippen LogP contribution in [0.15, 0.2) is 52.1 Å². The topological polar surface area (TPSA) is 67.5 Å². The molecule has 1 aliphatic carbocycles. The number of aryl methyl sites for hydroxylation is 1. The molecule has 0 bridgehead atoms. The Morgan fingerprint density at radius 1 is 1.26 bits per heavy atom. The molecule has 0 atom stereocenters. The Balaban J connectivity index is 1.45. The van der Waals surface area contributed by atoms with Gasteiger partial charge in [-0.15, -0.1) is 0 Å². The maximum Gasteiger partial charge on any atom is 0.266 e. The van der Waals surface area contributed by atoms with Crippen LogP contribution in [0.2, 0.25) is 0 Å². The molecule has 3 aromatic rings. The van der Waals surface area contributed by atoms with Crippen LogP contribution in [-0.4, -0.2) is 31.6 Å². The fourth-order valence-electron chi connectivity index (χ4n) is 4.82. The zero-order chi connectivity index (χ0) is 23.7. The van der Waals surface area contributed by atoms with Gasteiger partial charge in [-0.1, -0.05) is 61.9 Å². The Morgan fingerprint density at radius 2 is 2.09 bits per heavy atom. The lowest BCUT2D eigenvalue weighted by molar-refractivity contribution is -0.123. The van der Waals surface area contributed by atoms with Crippen molar-refractivity contribution < 1.29 is 14.0 Å². The number of thiocarbonyl (C=S) groups is 1. The second kappa shape index (κ2) is 9.80. The molecule has 1 saturated heterocycles. The average molecular weight is 494 g/mol. The first-order valence-electron chi connectivity index (χ1n) is 11.7. The van der Waals surface area contributed by atoms with E-state index in [0.29, 0.717) is 21.5 Å². The first kappa shape index (κ1) is 22.9. The Bertz CT molecular complexity index is 1270. The molecular formula is C26H27N3O3S2. The van der Waals surface area contributed by atoms with E-state index < -0.39 is 0 Å². The van der Waals surface area contributed by atoms with Crippen LogP contribution in [0.25, 0.3) is 17.0 Å². The van der Waals surface area contributed by atoms with Gasteiger partial charge in [-0.3, -0.25) is 14.5 Å². The number of aromatic nitrogens is 1. The van der Waals surface area contributed by atoms with E-state index in [4.69, 9.17) is 16.6 Å². The van der Waals surface area contributed by atoms with E-state index >= 15 is 0 Å². The maximum absolute atomic E-state index is 13.1. The predicted molar refractivity (Wildman–Crippen MR) is 139 cm³/mol. The molecule has 0 spiro atoms. The van der Waals surface area contributed by atoms with Crippen molar-refractivity contribution in [2.45, 2.75) is 58.2 Å². The van der Waals surface area contributed by atoms with E-state index in [9.17, 15) is 9.59 Å². The number of amides is 2. The third-order valence-corrected chi connectivity index (χ3v) is 7.86. The van der Waals surface area contributed by atoms with Crippen LogP contribution in [-0.2, 0) is 29.1 Å². The summed E-state index contributed by atoms with van der Waals surface area (Å²) in [4.78, 5) is 28.1. The molecule has 2 amide bonds. The van der Waals surface area contributed by atoms with Crippen molar-refractivity contribution in [3.8, 4) is 0 Å². The number of carbonyl (C=O) groups excluding carboxylic acids is 2. The number of carbonyl (C=O) groups is 2. The molecule has 1 aromatic carbocycles. The van der Waals surface area contributed by atoms with Crippen molar-refractivity contribution in [3.63, 3.8) is 0 Å². The number of thioether (sulfide) groups is 1. The molecule has 176 valence electrons. The first-order chi connectivity index (χ1) is 16.5. The van der Waals surface area contributed by atoms with Gasteiger partial charge in [-0.2, -0.15) is 0 Å². The molecule has 2 aliphatic rings. The summed E-state index contributed by atoms with van der Waals surface area (Å²) in [5.41, 5.74) is 3.14. The summed E-state index contributed by atoms with van der Waals surface area (Å²) in [7, 11) is 0. The quantitative estimate of drug-likeness (QED) is 0.359. The van der Waals surface area contributed by atoms with Gasteiger partial charge >= 0.3 is 0 Å². The molecule has 1 N–H and O–H groups in total. The summed E-state index contributed by atoms with van der Waals surface area (Å²) in [5, 5.41) is 4.22. The number of furan rings is 1. The lowest BCUT2D eigenvalue weighted by Crippen LogP contribution is -2.35. The number of nitrogens with one attached hydrogen (secondary N) is 1. The maximum atomic E-state index is 13.1. The third-order valence-electron chi connectivity index (χ3n) is 6.48. The van der Waals surface area contributed by atoms with E-state index in [0.717, 1.165) is 35.7 Å². The zero-order valence-electron chi connectivity index (χ0n) is 19.1. The highest BCUT2D eigenvalue weighted by Crippen LogP contribution is 2.36. The zero-order valence-corrected chi connectivity index (χ0v) is 20.7. The molecular weight excluding hydrogens is 466 g/mol. The minimum Gasteiger partial charge on any atom is -0.467 e. The lowest BCUT2D eigenvalue weighted by Gasteiger charge is -2.13. The van der Waals surface area contributed by atoms with Crippen LogP contribution in [0, 0.1) is 0 Å². The standard InChI is InChI=1S/C26H27N3O3S2/c1-2-17-7-5-11-21-18(14-28(24(17)21)16-23(30)27-19-8-3-4-9-19)13-22-25(31)29(26(33)34-22)15-20-10-6-12-32-20/h5-7,10-14,19H,2-4,8-9,15-16H2,1H3,(H,27,30)/b22-13-. The summed E-state index contributed by atoms with van der Waals surface area (Å²) in [6.07, 6.45) is 10.8. The summed E-state index contributed by atoms with van der Waals surface area (Å²) in [5.74, 6) is 0.596. The molecule has 1 saturated carbocycles. The van der Waals surface area contributed by atoms with E-state index in [1.165, 1.54) is 30.2 Å². The SMILES string of the molecule is CCc1cccc2c(/C=C3\SC(=S)N(Cc4ccco4)C3=O)cn(CC(=O)NC3CCCC3)c12. The summed E-state index contributed by atoms with van der Waals surface area (Å²) < 4.78 is 7.93. The summed E-state index contributed by atoms with van der Waals surface area (Å²) >= 11 is 6.78. The number of rotatable bonds is 7.